The van der Waals surface area contributed by atoms with Gasteiger partial charge < -0.3 is 15.0 Å². The topological polar surface area (TPSA) is 58.6 Å². The van der Waals surface area contributed by atoms with Gasteiger partial charge in [-0.25, -0.2) is 0 Å². The molecule has 0 radical (unpaired) electrons. The number of benzene rings is 2. The molecule has 0 atom stereocenters. The maximum atomic E-state index is 12.4. The Hall–Kier alpha value is -2.82. The second kappa shape index (κ2) is 8.04. The third-order valence-electron chi connectivity index (χ3n) is 4.56. The zero-order valence-corrected chi connectivity index (χ0v) is 15.2. The number of amides is 2. The molecule has 0 aromatic heterocycles. The smallest absolute Gasteiger partial charge is 0.228 e. The van der Waals surface area contributed by atoms with Gasteiger partial charge in [-0.2, -0.15) is 0 Å². The predicted octanol–water partition coefficient (Wildman–Crippen LogP) is 3.70. The first-order valence-electron chi connectivity index (χ1n) is 8.90. The van der Waals surface area contributed by atoms with Gasteiger partial charge in [0.2, 0.25) is 11.8 Å². The minimum absolute atomic E-state index is 0.0880. The molecular weight excluding hydrogens is 328 g/mol. The third kappa shape index (κ3) is 4.23. The number of piperidine rings is 1. The SMILES string of the molecule is COc1ccc(NC(=O)Cc2ccc(C)cc2)cc1N1CCCCC1=O. The van der Waals surface area contributed by atoms with Crippen molar-refractivity contribution in [3.8, 4) is 5.75 Å². The minimum Gasteiger partial charge on any atom is -0.495 e. The molecule has 0 unspecified atom stereocenters. The zero-order valence-electron chi connectivity index (χ0n) is 15.2. The molecule has 1 aliphatic rings. The summed E-state index contributed by atoms with van der Waals surface area (Å²) in [6.45, 7) is 2.70. The highest BCUT2D eigenvalue weighted by Crippen LogP contribution is 2.33. The number of carbonyl (C=O) groups is 2. The van der Waals surface area contributed by atoms with Crippen molar-refractivity contribution in [2.75, 3.05) is 23.9 Å². The number of hydrogen-bond donors (Lipinski definition) is 1. The Bertz CT molecular complexity index is 799. The van der Waals surface area contributed by atoms with Crippen LogP contribution in [0.25, 0.3) is 0 Å². The van der Waals surface area contributed by atoms with Crippen LogP contribution >= 0.6 is 0 Å². The highest BCUT2D eigenvalue weighted by Gasteiger charge is 2.23. The van der Waals surface area contributed by atoms with Crippen molar-refractivity contribution in [3.05, 3.63) is 53.6 Å². The second-order valence-electron chi connectivity index (χ2n) is 6.60. The Balaban J connectivity index is 1.75. The number of nitrogens with one attached hydrogen (secondary N) is 1. The standard InChI is InChI=1S/C21H24N2O3/c1-15-6-8-16(9-7-15)13-20(24)22-17-10-11-19(26-2)18(14-17)23-12-4-3-5-21(23)25/h6-11,14H,3-5,12-13H2,1-2H3,(H,22,24). The molecule has 1 saturated heterocycles. The van der Waals surface area contributed by atoms with E-state index in [9.17, 15) is 9.59 Å². The fourth-order valence-corrected chi connectivity index (χ4v) is 3.14. The molecule has 1 aliphatic heterocycles. The van der Waals surface area contributed by atoms with E-state index >= 15 is 0 Å². The first-order chi connectivity index (χ1) is 12.6. The van der Waals surface area contributed by atoms with E-state index in [2.05, 4.69) is 5.32 Å². The van der Waals surface area contributed by atoms with Crippen LogP contribution in [-0.4, -0.2) is 25.5 Å². The first-order valence-corrected chi connectivity index (χ1v) is 8.90. The van der Waals surface area contributed by atoms with Gasteiger partial charge in [0.05, 0.1) is 19.2 Å². The van der Waals surface area contributed by atoms with Crippen LogP contribution in [0.5, 0.6) is 5.75 Å². The number of aryl methyl sites for hydroxylation is 1. The lowest BCUT2D eigenvalue weighted by Gasteiger charge is -2.28. The monoisotopic (exact) mass is 352 g/mol. The van der Waals surface area contributed by atoms with Crippen LogP contribution < -0.4 is 15.0 Å². The summed E-state index contributed by atoms with van der Waals surface area (Å²) < 4.78 is 5.41. The van der Waals surface area contributed by atoms with Crippen LogP contribution in [0.1, 0.15) is 30.4 Å². The molecule has 0 saturated carbocycles. The van der Waals surface area contributed by atoms with Crippen LogP contribution in [0.4, 0.5) is 11.4 Å². The summed E-state index contributed by atoms with van der Waals surface area (Å²) >= 11 is 0. The lowest BCUT2D eigenvalue weighted by Crippen LogP contribution is -2.35. The second-order valence-corrected chi connectivity index (χ2v) is 6.60. The van der Waals surface area contributed by atoms with Crippen LogP contribution in [0.15, 0.2) is 42.5 Å². The van der Waals surface area contributed by atoms with Gasteiger partial charge in [-0.05, 0) is 43.5 Å². The number of ether oxygens (including phenoxy) is 1. The quantitative estimate of drug-likeness (QED) is 0.892. The van der Waals surface area contributed by atoms with Gasteiger partial charge in [-0.3, -0.25) is 9.59 Å². The lowest BCUT2D eigenvalue weighted by atomic mass is 10.1. The molecule has 2 amide bonds. The van der Waals surface area contributed by atoms with Crippen LogP contribution in [0, 0.1) is 6.92 Å². The van der Waals surface area contributed by atoms with Crippen molar-refractivity contribution in [3.63, 3.8) is 0 Å². The number of hydrogen-bond acceptors (Lipinski definition) is 3. The summed E-state index contributed by atoms with van der Waals surface area (Å²) in [5.74, 6) is 0.643. The van der Waals surface area contributed by atoms with Gasteiger partial charge in [0.1, 0.15) is 5.75 Å². The summed E-state index contributed by atoms with van der Waals surface area (Å²) in [7, 11) is 1.59. The molecule has 0 bridgehead atoms. The number of rotatable bonds is 5. The number of methoxy groups -OCH3 is 1. The Labute approximate surface area is 154 Å². The maximum Gasteiger partial charge on any atom is 0.228 e. The number of anilines is 2. The third-order valence-corrected chi connectivity index (χ3v) is 4.56. The average Bonchev–Trinajstić information content (AvgIpc) is 2.64. The Morgan fingerprint density at radius 3 is 2.62 bits per heavy atom. The van der Waals surface area contributed by atoms with E-state index in [1.807, 2.05) is 37.3 Å². The van der Waals surface area contributed by atoms with E-state index < -0.39 is 0 Å². The molecule has 3 rings (SSSR count). The molecular formula is C21H24N2O3. The van der Waals surface area contributed by atoms with Gasteiger partial charge in [-0.1, -0.05) is 29.8 Å². The van der Waals surface area contributed by atoms with Gasteiger partial charge in [0, 0.05) is 18.7 Å². The van der Waals surface area contributed by atoms with E-state index in [4.69, 9.17) is 4.74 Å². The van der Waals surface area contributed by atoms with E-state index in [1.54, 1.807) is 24.1 Å². The normalized spacial score (nSPS) is 14.2. The number of carbonyl (C=O) groups excluding carboxylic acids is 2. The van der Waals surface area contributed by atoms with Crippen molar-refractivity contribution < 1.29 is 14.3 Å². The van der Waals surface area contributed by atoms with E-state index in [0.717, 1.165) is 18.4 Å². The molecule has 1 N–H and O–H groups in total. The van der Waals surface area contributed by atoms with Gasteiger partial charge in [-0.15, -0.1) is 0 Å². The number of nitrogens with zero attached hydrogens (tertiary/aromatic N) is 1. The van der Waals surface area contributed by atoms with Crippen molar-refractivity contribution in [1.82, 2.24) is 0 Å². The molecule has 136 valence electrons. The molecule has 0 aliphatic carbocycles. The Morgan fingerprint density at radius 1 is 1.15 bits per heavy atom. The van der Waals surface area contributed by atoms with Gasteiger partial charge in [0.25, 0.3) is 0 Å². The lowest BCUT2D eigenvalue weighted by molar-refractivity contribution is -0.119. The molecule has 1 fully saturated rings. The van der Waals surface area contributed by atoms with E-state index in [0.29, 0.717) is 36.5 Å². The molecule has 5 heteroatoms. The van der Waals surface area contributed by atoms with E-state index in [-0.39, 0.29) is 11.8 Å². The van der Waals surface area contributed by atoms with Crippen molar-refractivity contribution >= 4 is 23.2 Å². The van der Waals surface area contributed by atoms with Crippen LogP contribution in [0.3, 0.4) is 0 Å². The Morgan fingerprint density at radius 2 is 1.92 bits per heavy atom. The predicted molar refractivity (Wildman–Crippen MR) is 103 cm³/mol. The van der Waals surface area contributed by atoms with Crippen LogP contribution in [0.2, 0.25) is 0 Å². The van der Waals surface area contributed by atoms with Gasteiger partial charge in [0.15, 0.2) is 0 Å². The first kappa shape index (κ1) is 18.0. The average molecular weight is 352 g/mol. The molecule has 1 heterocycles. The summed E-state index contributed by atoms with van der Waals surface area (Å²) in [4.78, 5) is 26.3. The minimum atomic E-state index is -0.0880. The summed E-state index contributed by atoms with van der Waals surface area (Å²) in [5.41, 5.74) is 3.51. The van der Waals surface area contributed by atoms with E-state index in [1.165, 1.54) is 5.56 Å². The van der Waals surface area contributed by atoms with Crippen LogP contribution in [-0.2, 0) is 16.0 Å². The highest BCUT2D eigenvalue weighted by molar-refractivity contribution is 5.98. The summed E-state index contributed by atoms with van der Waals surface area (Å²) in [5, 5.41) is 2.92. The van der Waals surface area contributed by atoms with Crippen molar-refractivity contribution in [2.24, 2.45) is 0 Å². The zero-order chi connectivity index (χ0) is 18.5. The fourth-order valence-electron chi connectivity index (χ4n) is 3.14. The fraction of sp³-hybridized carbons (Fsp3) is 0.333. The largest absolute Gasteiger partial charge is 0.495 e. The molecule has 0 spiro atoms. The highest BCUT2D eigenvalue weighted by atomic mass is 16.5. The molecule has 2 aromatic rings. The molecule has 5 nitrogen and oxygen atoms in total. The van der Waals surface area contributed by atoms with Crippen molar-refractivity contribution in [1.29, 1.82) is 0 Å². The summed E-state index contributed by atoms with van der Waals surface area (Å²) in [6.07, 6.45) is 2.75. The molecule has 26 heavy (non-hydrogen) atoms. The van der Waals surface area contributed by atoms with Gasteiger partial charge >= 0.3 is 0 Å². The summed E-state index contributed by atoms with van der Waals surface area (Å²) in [6, 6.07) is 13.3. The van der Waals surface area contributed by atoms with Crippen molar-refractivity contribution in [2.45, 2.75) is 32.6 Å². The maximum absolute atomic E-state index is 12.4. The Kier molecular flexibility index (Phi) is 5.56. The molecule has 2 aromatic carbocycles.